The van der Waals surface area contributed by atoms with E-state index in [2.05, 4.69) is 15.6 Å². The highest BCUT2D eigenvalue weighted by Gasteiger charge is 2.11. The minimum Gasteiger partial charge on any atom is -0.396 e. The number of benzene rings is 1. The molecule has 3 N–H and O–H groups in total. The van der Waals surface area contributed by atoms with E-state index in [9.17, 15) is 4.79 Å². The van der Waals surface area contributed by atoms with E-state index < -0.39 is 0 Å². The number of hydrogen-bond acceptors (Lipinski definition) is 3. The monoisotopic (exact) mass is 299 g/mol. The number of rotatable bonds is 6. The molecule has 2 rings (SSSR count). The Labute approximate surface area is 130 Å². The number of nitrogens with zero attached hydrogens (tertiary/aromatic N) is 1. The van der Waals surface area contributed by atoms with Gasteiger partial charge in [0.2, 0.25) is 0 Å². The Balaban J connectivity index is 2.06. The van der Waals surface area contributed by atoms with Crippen molar-refractivity contribution in [2.24, 2.45) is 0 Å². The van der Waals surface area contributed by atoms with E-state index in [4.69, 9.17) is 5.11 Å². The fraction of sp³-hybridized carbons (Fsp3) is 0.294. The lowest BCUT2D eigenvalue weighted by Crippen LogP contribution is -2.36. The standard InChI is InChI=1S/C17H21N3O2/c1-13(7-6-12-21)19-17(22)20-15-10-5-11-18-16(15)14-8-3-2-4-9-14/h2-5,8-11,13,21H,6-7,12H2,1H3,(H2,19,20,22). The van der Waals surface area contributed by atoms with E-state index in [0.29, 0.717) is 12.1 Å². The lowest BCUT2D eigenvalue weighted by atomic mass is 10.1. The van der Waals surface area contributed by atoms with Crippen molar-refractivity contribution in [3.63, 3.8) is 0 Å². The van der Waals surface area contributed by atoms with Gasteiger partial charge in [0.25, 0.3) is 0 Å². The molecule has 0 aliphatic rings. The van der Waals surface area contributed by atoms with Crippen LogP contribution in [0.15, 0.2) is 48.7 Å². The van der Waals surface area contributed by atoms with Crippen molar-refractivity contribution < 1.29 is 9.90 Å². The van der Waals surface area contributed by atoms with Crippen LogP contribution in [0.4, 0.5) is 10.5 Å². The lowest BCUT2D eigenvalue weighted by molar-refractivity contribution is 0.245. The van der Waals surface area contributed by atoms with E-state index in [-0.39, 0.29) is 18.7 Å². The minimum absolute atomic E-state index is 0.00370. The third-order valence-corrected chi connectivity index (χ3v) is 3.28. The maximum Gasteiger partial charge on any atom is 0.319 e. The Hall–Kier alpha value is -2.40. The number of aliphatic hydroxyl groups excluding tert-OH is 1. The molecule has 1 heterocycles. The molecule has 1 atom stereocenters. The molecule has 0 spiro atoms. The molecule has 22 heavy (non-hydrogen) atoms. The second-order valence-electron chi connectivity index (χ2n) is 5.13. The number of aromatic nitrogens is 1. The van der Waals surface area contributed by atoms with E-state index in [0.717, 1.165) is 17.7 Å². The molecule has 0 bridgehead atoms. The molecule has 2 aromatic rings. The number of nitrogens with one attached hydrogen (secondary N) is 2. The Morgan fingerprint density at radius 2 is 2.00 bits per heavy atom. The summed E-state index contributed by atoms with van der Waals surface area (Å²) < 4.78 is 0. The third-order valence-electron chi connectivity index (χ3n) is 3.28. The van der Waals surface area contributed by atoms with Gasteiger partial charge in [-0.2, -0.15) is 0 Å². The van der Waals surface area contributed by atoms with Crippen molar-refractivity contribution in [2.45, 2.75) is 25.8 Å². The summed E-state index contributed by atoms with van der Waals surface area (Å²) in [4.78, 5) is 16.4. The fourth-order valence-corrected chi connectivity index (χ4v) is 2.18. The summed E-state index contributed by atoms with van der Waals surface area (Å²) in [6.07, 6.45) is 3.11. The van der Waals surface area contributed by atoms with Crippen molar-refractivity contribution >= 4 is 11.7 Å². The number of carbonyl (C=O) groups is 1. The Bertz CT molecular complexity index is 602. The maximum atomic E-state index is 12.1. The van der Waals surface area contributed by atoms with Crippen molar-refractivity contribution in [2.75, 3.05) is 11.9 Å². The van der Waals surface area contributed by atoms with Crippen LogP contribution in [-0.4, -0.2) is 28.8 Å². The summed E-state index contributed by atoms with van der Waals surface area (Å²) in [6, 6.07) is 13.1. The van der Waals surface area contributed by atoms with Gasteiger partial charge in [0.15, 0.2) is 0 Å². The average Bonchev–Trinajstić information content (AvgIpc) is 2.54. The summed E-state index contributed by atoms with van der Waals surface area (Å²) in [7, 11) is 0. The van der Waals surface area contributed by atoms with E-state index >= 15 is 0 Å². The topological polar surface area (TPSA) is 74.2 Å². The smallest absolute Gasteiger partial charge is 0.319 e. The number of amides is 2. The highest BCUT2D eigenvalue weighted by Crippen LogP contribution is 2.24. The summed E-state index contributed by atoms with van der Waals surface area (Å²) in [5.41, 5.74) is 2.36. The van der Waals surface area contributed by atoms with Gasteiger partial charge in [-0.25, -0.2) is 4.79 Å². The Morgan fingerprint density at radius 1 is 1.23 bits per heavy atom. The van der Waals surface area contributed by atoms with Crippen LogP contribution in [0.3, 0.4) is 0 Å². The number of urea groups is 1. The maximum absolute atomic E-state index is 12.1. The van der Waals surface area contributed by atoms with Crippen LogP contribution in [0.1, 0.15) is 19.8 Å². The quantitative estimate of drug-likeness (QED) is 0.767. The van der Waals surface area contributed by atoms with Crippen molar-refractivity contribution in [1.29, 1.82) is 0 Å². The fourth-order valence-electron chi connectivity index (χ4n) is 2.18. The van der Waals surface area contributed by atoms with Crippen LogP contribution in [0.5, 0.6) is 0 Å². The van der Waals surface area contributed by atoms with Gasteiger partial charge in [-0.1, -0.05) is 30.3 Å². The molecule has 0 saturated heterocycles. The molecule has 0 aliphatic heterocycles. The number of hydrogen-bond donors (Lipinski definition) is 3. The largest absolute Gasteiger partial charge is 0.396 e. The van der Waals surface area contributed by atoms with Crippen LogP contribution in [0, 0.1) is 0 Å². The van der Waals surface area contributed by atoms with E-state index in [1.54, 1.807) is 12.3 Å². The van der Waals surface area contributed by atoms with Gasteiger partial charge in [0, 0.05) is 24.4 Å². The molecule has 2 amide bonds. The SMILES string of the molecule is CC(CCCO)NC(=O)Nc1cccnc1-c1ccccc1. The highest BCUT2D eigenvalue weighted by atomic mass is 16.3. The van der Waals surface area contributed by atoms with Gasteiger partial charge in [-0.3, -0.25) is 4.98 Å². The van der Waals surface area contributed by atoms with Crippen molar-refractivity contribution in [3.05, 3.63) is 48.7 Å². The van der Waals surface area contributed by atoms with Gasteiger partial charge in [0.05, 0.1) is 11.4 Å². The Kier molecular flexibility index (Phi) is 5.91. The van der Waals surface area contributed by atoms with Crippen LogP contribution in [0.2, 0.25) is 0 Å². The summed E-state index contributed by atoms with van der Waals surface area (Å²) in [5.74, 6) is 0. The second kappa shape index (κ2) is 8.14. The van der Waals surface area contributed by atoms with Crippen molar-refractivity contribution in [3.8, 4) is 11.3 Å². The molecule has 0 fully saturated rings. The molecule has 1 aromatic heterocycles. The third kappa shape index (κ3) is 4.56. The molecule has 0 radical (unpaired) electrons. The van der Waals surface area contributed by atoms with Crippen LogP contribution in [-0.2, 0) is 0 Å². The predicted molar refractivity (Wildman–Crippen MR) is 87.6 cm³/mol. The first-order valence-corrected chi connectivity index (χ1v) is 7.39. The van der Waals surface area contributed by atoms with Gasteiger partial charge >= 0.3 is 6.03 Å². The van der Waals surface area contributed by atoms with E-state index in [1.165, 1.54) is 0 Å². The Morgan fingerprint density at radius 3 is 2.73 bits per heavy atom. The van der Waals surface area contributed by atoms with Crippen LogP contribution in [0.25, 0.3) is 11.3 Å². The molecule has 5 heteroatoms. The number of carbonyl (C=O) groups excluding carboxylic acids is 1. The normalized spacial score (nSPS) is 11.7. The zero-order valence-corrected chi connectivity index (χ0v) is 12.6. The lowest BCUT2D eigenvalue weighted by Gasteiger charge is -2.15. The van der Waals surface area contributed by atoms with Crippen LogP contribution < -0.4 is 10.6 Å². The van der Waals surface area contributed by atoms with E-state index in [1.807, 2.05) is 43.3 Å². The minimum atomic E-state index is -0.268. The molecule has 1 aromatic carbocycles. The molecular weight excluding hydrogens is 278 g/mol. The first-order chi connectivity index (χ1) is 10.7. The number of pyridine rings is 1. The first-order valence-electron chi connectivity index (χ1n) is 7.39. The van der Waals surface area contributed by atoms with Gasteiger partial charge in [-0.15, -0.1) is 0 Å². The number of aliphatic hydroxyl groups is 1. The van der Waals surface area contributed by atoms with Gasteiger partial charge < -0.3 is 15.7 Å². The molecule has 0 saturated carbocycles. The van der Waals surface area contributed by atoms with Gasteiger partial charge in [-0.05, 0) is 31.9 Å². The zero-order chi connectivity index (χ0) is 15.8. The highest BCUT2D eigenvalue weighted by molar-refractivity contribution is 5.93. The van der Waals surface area contributed by atoms with Gasteiger partial charge in [0.1, 0.15) is 0 Å². The summed E-state index contributed by atoms with van der Waals surface area (Å²) >= 11 is 0. The van der Waals surface area contributed by atoms with Crippen LogP contribution >= 0.6 is 0 Å². The zero-order valence-electron chi connectivity index (χ0n) is 12.6. The first kappa shape index (κ1) is 16.0. The predicted octanol–water partition coefficient (Wildman–Crippen LogP) is 3.03. The molecule has 5 nitrogen and oxygen atoms in total. The molecule has 0 aliphatic carbocycles. The molecular formula is C17H21N3O2. The second-order valence-corrected chi connectivity index (χ2v) is 5.13. The summed E-state index contributed by atoms with van der Waals surface area (Å²) in [6.45, 7) is 2.05. The number of anilines is 1. The molecule has 116 valence electrons. The summed E-state index contributed by atoms with van der Waals surface area (Å²) in [5, 5.41) is 14.5. The average molecular weight is 299 g/mol. The van der Waals surface area contributed by atoms with Crippen molar-refractivity contribution in [1.82, 2.24) is 10.3 Å². The molecule has 1 unspecified atom stereocenters.